The average Bonchev–Trinajstić information content (AvgIpc) is 2.65. The molecular formula is C12H14F2N2O2. The summed E-state index contributed by atoms with van der Waals surface area (Å²) in [6.45, 7) is 2.13. The molecule has 0 bridgehead atoms. The van der Waals surface area contributed by atoms with Crippen molar-refractivity contribution in [2.45, 2.75) is 18.9 Å². The molecule has 1 aliphatic rings. The predicted octanol–water partition coefficient (Wildman–Crippen LogP) is 1.14. The largest absolute Gasteiger partial charge is 0.394 e. The number of β-amino-alcohol motifs (C(OH)–C–C–N with tert-alkyl or cyclic N) is 1. The van der Waals surface area contributed by atoms with Gasteiger partial charge in [-0.25, -0.2) is 8.78 Å². The van der Waals surface area contributed by atoms with Gasteiger partial charge in [0, 0.05) is 18.7 Å². The van der Waals surface area contributed by atoms with Crippen LogP contribution in [0, 0.1) is 11.6 Å². The van der Waals surface area contributed by atoms with Crippen LogP contribution in [0.4, 0.5) is 14.5 Å². The quantitative estimate of drug-likeness (QED) is 0.740. The van der Waals surface area contributed by atoms with Gasteiger partial charge in [0.2, 0.25) is 0 Å². The zero-order valence-electron chi connectivity index (χ0n) is 9.91. The van der Waals surface area contributed by atoms with Gasteiger partial charge in [0.1, 0.15) is 17.3 Å². The highest BCUT2D eigenvalue weighted by atomic mass is 19.1. The second-order valence-corrected chi connectivity index (χ2v) is 4.83. The first-order chi connectivity index (χ1) is 8.30. The average molecular weight is 256 g/mol. The summed E-state index contributed by atoms with van der Waals surface area (Å²) in [5.41, 5.74) is 3.49. The number of amides is 1. The molecule has 1 fully saturated rings. The summed E-state index contributed by atoms with van der Waals surface area (Å²) in [7, 11) is 0. The molecule has 1 aromatic carbocycles. The van der Waals surface area contributed by atoms with Crippen molar-refractivity contribution < 1.29 is 18.7 Å². The predicted molar refractivity (Wildman–Crippen MR) is 61.9 cm³/mol. The number of aliphatic hydroxyl groups is 1. The Hall–Kier alpha value is -1.69. The van der Waals surface area contributed by atoms with Gasteiger partial charge in [-0.05, 0) is 25.5 Å². The Kier molecular flexibility index (Phi) is 2.98. The number of nitrogens with two attached hydrogens (primary N) is 1. The second-order valence-electron chi connectivity index (χ2n) is 4.83. The van der Waals surface area contributed by atoms with Crippen molar-refractivity contribution in [3.8, 4) is 0 Å². The van der Waals surface area contributed by atoms with Gasteiger partial charge in [-0.15, -0.1) is 0 Å². The van der Waals surface area contributed by atoms with Crippen LogP contribution in [0.3, 0.4) is 0 Å². The monoisotopic (exact) mass is 256 g/mol. The lowest BCUT2D eigenvalue weighted by Crippen LogP contribution is -2.34. The van der Waals surface area contributed by atoms with E-state index in [9.17, 15) is 18.7 Å². The molecule has 1 unspecified atom stereocenters. The highest BCUT2D eigenvalue weighted by Gasteiger charge is 2.34. The van der Waals surface area contributed by atoms with Crippen LogP contribution in [-0.2, 0) is 0 Å². The number of carbonyl (C=O) groups excluding carboxylic acids is 1. The molecule has 0 aliphatic carbocycles. The second kappa shape index (κ2) is 4.20. The number of benzene rings is 1. The van der Waals surface area contributed by atoms with Gasteiger partial charge in [-0.3, -0.25) is 4.79 Å². The maximum absolute atomic E-state index is 13.3. The molecule has 3 N–H and O–H groups in total. The van der Waals surface area contributed by atoms with Gasteiger partial charge in [-0.2, -0.15) is 0 Å². The molecule has 1 atom stereocenters. The number of likely N-dealkylation sites (tertiary alicyclic amines) is 1. The van der Waals surface area contributed by atoms with Crippen molar-refractivity contribution >= 4 is 11.6 Å². The first-order valence-electron chi connectivity index (χ1n) is 5.56. The maximum atomic E-state index is 13.3. The highest BCUT2D eigenvalue weighted by molar-refractivity contribution is 5.94. The van der Waals surface area contributed by atoms with E-state index in [1.807, 2.05) is 0 Å². The first kappa shape index (κ1) is 12.8. The van der Waals surface area contributed by atoms with E-state index < -0.39 is 28.8 Å². The zero-order valence-corrected chi connectivity index (χ0v) is 9.91. The van der Waals surface area contributed by atoms with Crippen molar-refractivity contribution in [2.24, 2.45) is 0 Å². The van der Waals surface area contributed by atoms with E-state index in [0.717, 1.165) is 12.1 Å². The molecule has 98 valence electrons. The third-order valence-electron chi connectivity index (χ3n) is 3.07. The third kappa shape index (κ3) is 2.28. The van der Waals surface area contributed by atoms with Crippen molar-refractivity contribution in [3.05, 3.63) is 29.3 Å². The summed E-state index contributed by atoms with van der Waals surface area (Å²) in [6, 6.07) is 1.82. The molecular weight excluding hydrogens is 242 g/mol. The van der Waals surface area contributed by atoms with E-state index in [1.165, 1.54) is 4.90 Å². The van der Waals surface area contributed by atoms with Gasteiger partial charge >= 0.3 is 0 Å². The Bertz CT molecular complexity index is 480. The van der Waals surface area contributed by atoms with E-state index in [-0.39, 0.29) is 12.1 Å². The topological polar surface area (TPSA) is 66.6 Å². The molecule has 18 heavy (non-hydrogen) atoms. The third-order valence-corrected chi connectivity index (χ3v) is 3.07. The number of halogens is 2. The molecule has 0 aromatic heterocycles. The standard InChI is InChI=1S/C12H14F2N2O2/c1-12(18)2-3-16(6-12)11(17)7-4-8(13)10(15)9(14)5-7/h4-5,18H,2-3,6,15H2,1H3. The molecule has 1 saturated heterocycles. The number of hydrogen-bond acceptors (Lipinski definition) is 3. The van der Waals surface area contributed by atoms with Crippen molar-refractivity contribution in [3.63, 3.8) is 0 Å². The molecule has 2 rings (SSSR count). The van der Waals surface area contributed by atoms with E-state index >= 15 is 0 Å². The number of rotatable bonds is 1. The first-order valence-corrected chi connectivity index (χ1v) is 5.56. The summed E-state index contributed by atoms with van der Waals surface area (Å²) in [6.07, 6.45) is 0.443. The molecule has 0 radical (unpaired) electrons. The minimum atomic E-state index is -0.954. The van der Waals surface area contributed by atoms with E-state index in [1.54, 1.807) is 6.92 Å². The van der Waals surface area contributed by atoms with E-state index in [4.69, 9.17) is 5.73 Å². The molecule has 6 heteroatoms. The summed E-state index contributed by atoms with van der Waals surface area (Å²) in [5, 5.41) is 9.75. The van der Waals surface area contributed by atoms with Gasteiger partial charge in [-0.1, -0.05) is 0 Å². The Balaban J connectivity index is 2.25. The Morgan fingerprint density at radius 1 is 1.44 bits per heavy atom. The van der Waals surface area contributed by atoms with E-state index in [0.29, 0.717) is 13.0 Å². The van der Waals surface area contributed by atoms with Gasteiger partial charge in [0.15, 0.2) is 0 Å². The highest BCUT2D eigenvalue weighted by Crippen LogP contribution is 2.24. The van der Waals surface area contributed by atoms with Gasteiger partial charge in [0.05, 0.1) is 5.60 Å². The Labute approximate surface area is 103 Å². The van der Waals surface area contributed by atoms with Crippen LogP contribution in [-0.4, -0.2) is 34.6 Å². The molecule has 1 aromatic rings. The molecule has 1 amide bonds. The summed E-state index contributed by atoms with van der Waals surface area (Å²) in [4.78, 5) is 13.4. The molecule has 0 saturated carbocycles. The lowest BCUT2D eigenvalue weighted by molar-refractivity contribution is 0.0572. The minimum absolute atomic E-state index is 0.100. The van der Waals surface area contributed by atoms with Crippen molar-refractivity contribution in [2.75, 3.05) is 18.8 Å². The molecule has 4 nitrogen and oxygen atoms in total. The minimum Gasteiger partial charge on any atom is -0.394 e. The maximum Gasteiger partial charge on any atom is 0.254 e. The summed E-state index contributed by atoms with van der Waals surface area (Å²) in [5.74, 6) is -2.42. The van der Waals surface area contributed by atoms with Crippen molar-refractivity contribution in [1.29, 1.82) is 0 Å². The van der Waals surface area contributed by atoms with E-state index in [2.05, 4.69) is 0 Å². The number of nitrogen functional groups attached to an aromatic ring is 1. The summed E-state index contributed by atoms with van der Waals surface area (Å²) < 4.78 is 26.5. The van der Waals surface area contributed by atoms with Crippen LogP contribution in [0.2, 0.25) is 0 Å². The fraction of sp³-hybridized carbons (Fsp3) is 0.417. The number of anilines is 1. The fourth-order valence-corrected chi connectivity index (χ4v) is 2.01. The SMILES string of the molecule is CC1(O)CCN(C(=O)c2cc(F)c(N)c(F)c2)C1. The Morgan fingerprint density at radius 2 is 2.00 bits per heavy atom. The van der Waals surface area contributed by atoms with Crippen LogP contribution in [0.1, 0.15) is 23.7 Å². The lowest BCUT2D eigenvalue weighted by Gasteiger charge is -2.19. The number of hydrogen-bond donors (Lipinski definition) is 2. The Morgan fingerprint density at radius 3 is 2.44 bits per heavy atom. The summed E-state index contributed by atoms with van der Waals surface area (Å²) >= 11 is 0. The smallest absolute Gasteiger partial charge is 0.254 e. The zero-order chi connectivity index (χ0) is 13.5. The van der Waals surface area contributed by atoms with Crippen LogP contribution in [0.25, 0.3) is 0 Å². The number of carbonyl (C=O) groups is 1. The lowest BCUT2D eigenvalue weighted by atomic mass is 10.1. The van der Waals surface area contributed by atoms with Gasteiger partial charge < -0.3 is 15.7 Å². The number of nitrogens with zero attached hydrogens (tertiary/aromatic N) is 1. The molecule has 0 spiro atoms. The molecule has 1 heterocycles. The van der Waals surface area contributed by atoms with Gasteiger partial charge in [0.25, 0.3) is 5.91 Å². The normalized spacial score (nSPS) is 23.4. The van der Waals surface area contributed by atoms with Crippen LogP contribution in [0.15, 0.2) is 12.1 Å². The van der Waals surface area contributed by atoms with Crippen LogP contribution < -0.4 is 5.73 Å². The molecule has 1 aliphatic heterocycles. The fourth-order valence-electron chi connectivity index (χ4n) is 2.01. The van der Waals surface area contributed by atoms with Crippen LogP contribution >= 0.6 is 0 Å². The van der Waals surface area contributed by atoms with Crippen molar-refractivity contribution in [1.82, 2.24) is 4.90 Å². The van der Waals surface area contributed by atoms with Crippen LogP contribution in [0.5, 0.6) is 0 Å².